The Morgan fingerprint density at radius 2 is 2.08 bits per heavy atom. The number of rotatable bonds is 6. The van der Waals surface area contributed by atoms with Crippen molar-refractivity contribution in [2.75, 3.05) is 20.1 Å². The first-order valence-electron chi connectivity index (χ1n) is 7.76. The molecule has 1 aliphatic rings. The number of carbonyl (C=O) groups excluding carboxylic acids is 2. The average Bonchev–Trinajstić information content (AvgIpc) is 3.14. The highest BCUT2D eigenvalue weighted by Crippen LogP contribution is 2.53. The quantitative estimate of drug-likeness (QED) is 0.764. The molecule has 1 aromatic rings. The molecule has 24 heavy (non-hydrogen) atoms. The summed E-state index contributed by atoms with van der Waals surface area (Å²) >= 11 is 12.1. The molecule has 2 amide bonds. The van der Waals surface area contributed by atoms with Crippen molar-refractivity contribution < 1.29 is 9.59 Å². The third-order valence-corrected chi connectivity index (χ3v) is 5.11. The second-order valence-corrected chi connectivity index (χ2v) is 7.59. The van der Waals surface area contributed by atoms with Crippen LogP contribution in [0.4, 0.5) is 0 Å². The van der Waals surface area contributed by atoms with Gasteiger partial charge in [-0.1, -0.05) is 6.92 Å². The lowest BCUT2D eigenvalue weighted by atomic mass is 10.1. The molecule has 0 radical (unpaired) electrons. The molecule has 0 aliphatic heterocycles. The highest BCUT2D eigenvalue weighted by molar-refractivity contribution is 6.50. The van der Waals surface area contributed by atoms with Crippen LogP contribution in [0.15, 0.2) is 17.1 Å². The largest absolute Gasteiger partial charge is 0.358 e. The maximum absolute atomic E-state index is 12.8. The lowest BCUT2D eigenvalue weighted by molar-refractivity contribution is -0.121. The molecule has 1 heterocycles. The number of nitrogens with one attached hydrogen (secondary N) is 1. The van der Waals surface area contributed by atoms with Gasteiger partial charge in [0.25, 0.3) is 11.5 Å². The highest BCUT2D eigenvalue weighted by atomic mass is 35.5. The molecule has 2 rings (SSSR count). The smallest absolute Gasteiger partial charge is 0.255 e. The van der Waals surface area contributed by atoms with E-state index in [0.717, 1.165) is 0 Å². The minimum atomic E-state index is -0.834. The van der Waals surface area contributed by atoms with Gasteiger partial charge >= 0.3 is 0 Å². The molecular weight excluding hydrogens is 353 g/mol. The van der Waals surface area contributed by atoms with Gasteiger partial charge in [0.2, 0.25) is 5.91 Å². The zero-order chi connectivity index (χ0) is 18.1. The minimum absolute atomic E-state index is 0.0624. The van der Waals surface area contributed by atoms with Crippen molar-refractivity contribution in [3.63, 3.8) is 0 Å². The number of hydrogen-bond donors (Lipinski definition) is 1. The zero-order valence-electron chi connectivity index (χ0n) is 13.9. The van der Waals surface area contributed by atoms with E-state index in [1.54, 1.807) is 13.1 Å². The van der Waals surface area contributed by atoms with E-state index in [1.807, 2.05) is 6.92 Å². The van der Waals surface area contributed by atoms with Crippen LogP contribution in [0.1, 0.15) is 29.3 Å². The fourth-order valence-corrected chi connectivity index (χ4v) is 3.05. The van der Waals surface area contributed by atoms with Crippen molar-refractivity contribution in [1.82, 2.24) is 14.8 Å². The summed E-state index contributed by atoms with van der Waals surface area (Å²) in [5.41, 5.74) is 0.793. The monoisotopic (exact) mass is 373 g/mol. The maximum atomic E-state index is 12.8. The summed E-state index contributed by atoms with van der Waals surface area (Å²) in [5, 5.41) is 2.51. The Morgan fingerprint density at radius 3 is 2.58 bits per heavy atom. The van der Waals surface area contributed by atoms with Crippen LogP contribution < -0.4 is 10.9 Å². The van der Waals surface area contributed by atoms with E-state index in [2.05, 4.69) is 5.32 Å². The first kappa shape index (κ1) is 18.8. The molecule has 1 fully saturated rings. The van der Waals surface area contributed by atoms with E-state index in [0.29, 0.717) is 30.5 Å². The molecule has 1 atom stereocenters. The maximum Gasteiger partial charge on any atom is 0.255 e. The molecule has 1 N–H and O–H groups in total. The Kier molecular flexibility index (Phi) is 5.60. The van der Waals surface area contributed by atoms with Gasteiger partial charge in [-0.15, -0.1) is 23.2 Å². The fourth-order valence-electron chi connectivity index (χ4n) is 2.54. The number of pyridine rings is 1. The van der Waals surface area contributed by atoms with Gasteiger partial charge < -0.3 is 14.8 Å². The van der Waals surface area contributed by atoms with Crippen LogP contribution in [-0.2, 0) is 18.3 Å². The molecule has 8 heteroatoms. The van der Waals surface area contributed by atoms with E-state index in [9.17, 15) is 14.4 Å². The van der Waals surface area contributed by atoms with Crippen LogP contribution in [0, 0.1) is 5.92 Å². The summed E-state index contributed by atoms with van der Waals surface area (Å²) in [4.78, 5) is 38.0. The van der Waals surface area contributed by atoms with Gasteiger partial charge in [0.05, 0.1) is 12.1 Å². The number of hydrogen-bond acceptors (Lipinski definition) is 3. The van der Waals surface area contributed by atoms with Crippen molar-refractivity contribution in [3.05, 3.63) is 33.7 Å². The molecule has 132 valence electrons. The van der Waals surface area contributed by atoms with Crippen molar-refractivity contribution in [3.8, 4) is 0 Å². The van der Waals surface area contributed by atoms with Crippen molar-refractivity contribution in [2.24, 2.45) is 13.0 Å². The standard InChI is InChI=1S/C16H21Cl2N3O3/c1-4-10-5-11(7-20(3)14(10)23)15(24)21(9-13(22)19-2)8-12-6-16(12,17)18/h5,7,12H,4,6,8-9H2,1-3H3,(H,19,22). The normalized spacial score (nSPS) is 18.1. The second kappa shape index (κ2) is 7.15. The molecule has 1 saturated carbocycles. The van der Waals surface area contributed by atoms with Gasteiger partial charge in [0, 0.05) is 38.3 Å². The van der Waals surface area contributed by atoms with Gasteiger partial charge in [-0.25, -0.2) is 0 Å². The van der Waals surface area contributed by atoms with Gasteiger partial charge in [-0.2, -0.15) is 0 Å². The van der Waals surface area contributed by atoms with Gasteiger partial charge in [0.1, 0.15) is 4.33 Å². The Morgan fingerprint density at radius 1 is 1.46 bits per heavy atom. The highest BCUT2D eigenvalue weighted by Gasteiger charge is 2.52. The number of nitrogens with zero attached hydrogens (tertiary/aromatic N) is 2. The summed E-state index contributed by atoms with van der Waals surface area (Å²) in [7, 11) is 3.11. The number of aromatic nitrogens is 1. The summed E-state index contributed by atoms with van der Waals surface area (Å²) in [6, 6.07) is 1.59. The molecule has 0 bridgehead atoms. The second-order valence-electron chi connectivity index (χ2n) is 6.04. The third kappa shape index (κ3) is 4.11. The molecule has 1 unspecified atom stereocenters. The number of carbonyl (C=O) groups is 2. The lowest BCUT2D eigenvalue weighted by Crippen LogP contribution is -2.41. The fraction of sp³-hybridized carbons (Fsp3) is 0.562. The predicted octanol–water partition coefficient (Wildman–Crippen LogP) is 1.33. The molecule has 0 aromatic carbocycles. The Hall–Kier alpha value is -1.53. The predicted molar refractivity (Wildman–Crippen MR) is 93.6 cm³/mol. The van der Waals surface area contributed by atoms with Crippen LogP contribution in [-0.4, -0.2) is 45.8 Å². The summed E-state index contributed by atoms with van der Waals surface area (Å²) in [6.07, 6.45) is 2.60. The first-order valence-corrected chi connectivity index (χ1v) is 8.52. The van der Waals surface area contributed by atoms with E-state index < -0.39 is 4.33 Å². The molecule has 1 aliphatic carbocycles. The van der Waals surface area contributed by atoms with Crippen molar-refractivity contribution in [1.29, 1.82) is 0 Å². The van der Waals surface area contributed by atoms with E-state index >= 15 is 0 Å². The molecule has 6 nitrogen and oxygen atoms in total. The van der Waals surface area contributed by atoms with E-state index in [-0.39, 0.29) is 29.8 Å². The molecule has 1 aromatic heterocycles. The summed E-state index contributed by atoms with van der Waals surface area (Å²) in [6.45, 7) is 2.07. The Labute approximate surface area is 150 Å². The van der Waals surface area contributed by atoms with Crippen LogP contribution in [0.2, 0.25) is 0 Å². The Balaban J connectivity index is 2.28. The lowest BCUT2D eigenvalue weighted by Gasteiger charge is -2.22. The zero-order valence-corrected chi connectivity index (χ0v) is 15.4. The number of alkyl halides is 2. The summed E-state index contributed by atoms with van der Waals surface area (Å²) in [5.74, 6) is -0.660. The average molecular weight is 374 g/mol. The molecular formula is C16H21Cl2N3O3. The van der Waals surface area contributed by atoms with Gasteiger partial charge in [-0.05, 0) is 18.9 Å². The molecule has 0 spiro atoms. The molecule has 0 saturated heterocycles. The SMILES string of the molecule is CCc1cc(C(=O)N(CC(=O)NC)CC2CC2(Cl)Cl)cn(C)c1=O. The third-order valence-electron chi connectivity index (χ3n) is 4.18. The first-order chi connectivity index (χ1) is 11.2. The van der Waals surface area contributed by atoms with E-state index in [1.165, 1.54) is 22.7 Å². The Bertz CT molecular complexity index is 715. The van der Waals surface area contributed by atoms with E-state index in [4.69, 9.17) is 23.2 Å². The summed E-state index contributed by atoms with van der Waals surface area (Å²) < 4.78 is 0.550. The van der Waals surface area contributed by atoms with Crippen LogP contribution in [0.3, 0.4) is 0 Å². The number of amides is 2. The van der Waals surface area contributed by atoms with Crippen LogP contribution >= 0.6 is 23.2 Å². The van der Waals surface area contributed by atoms with Crippen LogP contribution in [0.5, 0.6) is 0 Å². The van der Waals surface area contributed by atoms with Crippen molar-refractivity contribution >= 4 is 35.0 Å². The number of likely N-dealkylation sites (N-methyl/N-ethyl adjacent to an activating group) is 1. The van der Waals surface area contributed by atoms with Gasteiger partial charge in [-0.3, -0.25) is 14.4 Å². The number of aryl methyl sites for hydroxylation is 2. The van der Waals surface area contributed by atoms with Crippen molar-refractivity contribution in [2.45, 2.75) is 24.1 Å². The van der Waals surface area contributed by atoms with Gasteiger partial charge in [0.15, 0.2) is 0 Å². The number of halogens is 2. The minimum Gasteiger partial charge on any atom is -0.358 e. The van der Waals surface area contributed by atoms with Crippen LogP contribution in [0.25, 0.3) is 0 Å². The topological polar surface area (TPSA) is 71.4 Å².